The first-order chi connectivity index (χ1) is 8.11. The van der Waals surface area contributed by atoms with E-state index in [1.807, 2.05) is 0 Å². The Morgan fingerprint density at radius 3 is 2.94 bits per heavy atom. The molecule has 0 unspecified atom stereocenters. The summed E-state index contributed by atoms with van der Waals surface area (Å²) in [5, 5.41) is 20.7. The molecule has 0 aliphatic rings. The van der Waals surface area contributed by atoms with E-state index >= 15 is 0 Å². The Labute approximate surface area is 97.0 Å². The van der Waals surface area contributed by atoms with E-state index in [4.69, 9.17) is 11.5 Å². The van der Waals surface area contributed by atoms with Gasteiger partial charge in [0.1, 0.15) is 12.2 Å². The molecule has 0 fully saturated rings. The summed E-state index contributed by atoms with van der Waals surface area (Å²) in [5.74, 6) is 1.24. The molecule has 3 N–H and O–H groups in total. The zero-order valence-corrected chi connectivity index (χ0v) is 8.88. The fourth-order valence-corrected chi connectivity index (χ4v) is 1.00. The largest absolute Gasteiger partial charge is 0.480 e. The molecule has 0 bridgehead atoms. The molecule has 0 atom stereocenters. The van der Waals surface area contributed by atoms with Gasteiger partial charge in [0.05, 0.1) is 19.3 Å². The number of terminal acetylenes is 1. The number of urea groups is 1. The Morgan fingerprint density at radius 1 is 1.53 bits per heavy atom. The lowest BCUT2D eigenvalue weighted by molar-refractivity contribution is -0.137. The van der Waals surface area contributed by atoms with Crippen LogP contribution in [-0.4, -0.2) is 38.6 Å². The van der Waals surface area contributed by atoms with Crippen molar-refractivity contribution in [3.05, 3.63) is 11.9 Å². The van der Waals surface area contributed by atoms with E-state index in [1.54, 1.807) is 0 Å². The van der Waals surface area contributed by atoms with Crippen LogP contribution < -0.4 is 10.6 Å². The molecule has 1 aromatic rings. The second kappa shape index (κ2) is 6.12. The van der Waals surface area contributed by atoms with Crippen molar-refractivity contribution in [3.63, 3.8) is 0 Å². The summed E-state index contributed by atoms with van der Waals surface area (Å²) in [6, 6.07) is -0.421. The van der Waals surface area contributed by atoms with Crippen LogP contribution in [0.25, 0.3) is 0 Å². The SMILES string of the molecule is C#CCNC(=O)NCc1cn(CC(=O)O)nn1. The van der Waals surface area contributed by atoms with Gasteiger partial charge in [0, 0.05) is 0 Å². The summed E-state index contributed by atoms with van der Waals surface area (Å²) in [4.78, 5) is 21.5. The van der Waals surface area contributed by atoms with Crippen LogP contribution in [0.15, 0.2) is 6.20 Å². The molecule has 0 aliphatic heterocycles. The summed E-state index contributed by atoms with van der Waals surface area (Å²) in [6.07, 6.45) is 6.40. The summed E-state index contributed by atoms with van der Waals surface area (Å²) in [7, 11) is 0. The minimum Gasteiger partial charge on any atom is -0.480 e. The average molecular weight is 237 g/mol. The maximum Gasteiger partial charge on any atom is 0.325 e. The molecule has 0 aromatic carbocycles. The molecule has 2 amide bonds. The van der Waals surface area contributed by atoms with Gasteiger partial charge in [-0.1, -0.05) is 11.1 Å². The molecule has 0 spiro atoms. The third kappa shape index (κ3) is 4.65. The summed E-state index contributed by atoms with van der Waals surface area (Å²) in [5.41, 5.74) is 0.460. The van der Waals surface area contributed by atoms with Gasteiger partial charge in [0.25, 0.3) is 0 Å². The van der Waals surface area contributed by atoms with Crippen molar-refractivity contribution < 1.29 is 14.7 Å². The Kier molecular flexibility index (Phi) is 4.50. The van der Waals surface area contributed by atoms with E-state index in [9.17, 15) is 9.59 Å². The van der Waals surface area contributed by atoms with Gasteiger partial charge in [-0.2, -0.15) is 0 Å². The maximum atomic E-state index is 11.1. The van der Waals surface area contributed by atoms with Gasteiger partial charge in [-0.25, -0.2) is 9.48 Å². The van der Waals surface area contributed by atoms with Gasteiger partial charge in [0.15, 0.2) is 0 Å². The molecule has 8 nitrogen and oxygen atoms in total. The molecule has 0 radical (unpaired) electrons. The van der Waals surface area contributed by atoms with Crippen LogP contribution in [0.5, 0.6) is 0 Å². The van der Waals surface area contributed by atoms with Gasteiger partial charge in [-0.05, 0) is 0 Å². The van der Waals surface area contributed by atoms with Crippen LogP contribution in [0, 0.1) is 12.3 Å². The number of nitrogens with one attached hydrogen (secondary N) is 2. The third-order valence-corrected chi connectivity index (χ3v) is 1.66. The lowest BCUT2D eigenvalue weighted by Crippen LogP contribution is -2.35. The van der Waals surface area contributed by atoms with E-state index in [-0.39, 0.29) is 19.6 Å². The molecule has 1 heterocycles. The summed E-state index contributed by atoms with van der Waals surface area (Å²) >= 11 is 0. The van der Waals surface area contributed by atoms with Gasteiger partial charge < -0.3 is 15.7 Å². The van der Waals surface area contributed by atoms with Crippen LogP contribution in [-0.2, 0) is 17.9 Å². The molecule has 0 saturated carbocycles. The normalized spacial score (nSPS) is 9.35. The van der Waals surface area contributed by atoms with Gasteiger partial charge in [-0.3, -0.25) is 4.79 Å². The van der Waals surface area contributed by atoms with Crippen molar-refractivity contribution >= 4 is 12.0 Å². The Bertz CT molecular complexity index is 448. The monoisotopic (exact) mass is 237 g/mol. The van der Waals surface area contributed by atoms with Gasteiger partial charge in [0.2, 0.25) is 0 Å². The number of nitrogens with zero attached hydrogens (tertiary/aromatic N) is 3. The van der Waals surface area contributed by atoms with Crippen molar-refractivity contribution in [2.75, 3.05) is 6.54 Å². The van der Waals surface area contributed by atoms with Gasteiger partial charge >= 0.3 is 12.0 Å². The maximum absolute atomic E-state index is 11.1. The number of carboxylic acid groups (broad SMARTS) is 1. The molecule has 8 heteroatoms. The Balaban J connectivity index is 2.37. The predicted octanol–water partition coefficient (Wildman–Crippen LogP) is -1.20. The number of aliphatic carboxylic acids is 1. The minimum absolute atomic E-state index is 0.136. The highest BCUT2D eigenvalue weighted by Crippen LogP contribution is 1.92. The number of hydrogen-bond donors (Lipinski definition) is 3. The van der Waals surface area contributed by atoms with Crippen LogP contribution in [0.2, 0.25) is 0 Å². The van der Waals surface area contributed by atoms with Crippen LogP contribution in [0.3, 0.4) is 0 Å². The third-order valence-electron chi connectivity index (χ3n) is 1.66. The van der Waals surface area contributed by atoms with Crippen LogP contribution >= 0.6 is 0 Å². The number of carboxylic acids is 1. The molecule has 17 heavy (non-hydrogen) atoms. The fraction of sp³-hybridized carbons (Fsp3) is 0.333. The van der Waals surface area contributed by atoms with E-state index in [0.717, 1.165) is 0 Å². The quantitative estimate of drug-likeness (QED) is 0.557. The smallest absolute Gasteiger partial charge is 0.325 e. The van der Waals surface area contributed by atoms with Crippen molar-refractivity contribution in [2.24, 2.45) is 0 Å². The fourth-order valence-electron chi connectivity index (χ4n) is 1.00. The summed E-state index contributed by atoms with van der Waals surface area (Å²) in [6.45, 7) is 0.0177. The molecule has 1 rings (SSSR count). The number of aromatic nitrogens is 3. The first-order valence-electron chi connectivity index (χ1n) is 4.68. The van der Waals surface area contributed by atoms with E-state index in [0.29, 0.717) is 5.69 Å². The predicted molar refractivity (Wildman–Crippen MR) is 56.7 cm³/mol. The summed E-state index contributed by atoms with van der Waals surface area (Å²) < 4.78 is 1.17. The van der Waals surface area contributed by atoms with E-state index in [2.05, 4.69) is 26.9 Å². The zero-order chi connectivity index (χ0) is 12.7. The van der Waals surface area contributed by atoms with Crippen LogP contribution in [0.1, 0.15) is 5.69 Å². The second-order valence-corrected chi connectivity index (χ2v) is 3.04. The first kappa shape index (κ1) is 12.5. The average Bonchev–Trinajstić information content (AvgIpc) is 2.70. The van der Waals surface area contributed by atoms with Crippen LogP contribution in [0.4, 0.5) is 4.79 Å². The second-order valence-electron chi connectivity index (χ2n) is 3.04. The van der Waals surface area contributed by atoms with Crippen molar-refractivity contribution in [2.45, 2.75) is 13.1 Å². The molecule has 1 aromatic heterocycles. The van der Waals surface area contributed by atoms with Crippen molar-refractivity contribution in [3.8, 4) is 12.3 Å². The number of rotatable bonds is 5. The van der Waals surface area contributed by atoms with E-state index in [1.165, 1.54) is 10.9 Å². The van der Waals surface area contributed by atoms with E-state index < -0.39 is 12.0 Å². The van der Waals surface area contributed by atoms with Crippen molar-refractivity contribution in [1.29, 1.82) is 0 Å². The highest BCUT2D eigenvalue weighted by molar-refractivity contribution is 5.74. The Hall–Kier alpha value is -2.56. The zero-order valence-electron chi connectivity index (χ0n) is 8.88. The first-order valence-corrected chi connectivity index (χ1v) is 4.68. The lowest BCUT2D eigenvalue weighted by Gasteiger charge is -2.02. The molecule has 90 valence electrons. The topological polar surface area (TPSA) is 109 Å². The number of carbonyl (C=O) groups excluding carboxylic acids is 1. The molecule has 0 saturated heterocycles. The minimum atomic E-state index is -1.01. The molecular weight excluding hydrogens is 226 g/mol. The number of carbonyl (C=O) groups is 2. The Morgan fingerprint density at radius 2 is 2.29 bits per heavy atom. The lowest BCUT2D eigenvalue weighted by atomic mass is 10.5. The van der Waals surface area contributed by atoms with Crippen molar-refractivity contribution in [1.82, 2.24) is 25.6 Å². The highest BCUT2D eigenvalue weighted by atomic mass is 16.4. The number of hydrogen-bond acceptors (Lipinski definition) is 4. The number of amides is 2. The molecular formula is C9H11N5O3. The highest BCUT2D eigenvalue weighted by Gasteiger charge is 2.05. The van der Waals surface area contributed by atoms with Gasteiger partial charge in [-0.15, -0.1) is 11.5 Å². The standard InChI is InChI=1S/C9H11N5O3/c1-2-3-10-9(17)11-4-7-5-14(13-12-7)6-8(15)16/h1,5H,3-4,6H2,(H,15,16)(H2,10,11,17). The molecule has 0 aliphatic carbocycles.